The molecule has 2 heterocycles. The SMILES string of the molecule is O=C(COC(=O)c1sc2cc(Cl)cc(Cl)c2c1Cl)NCc1ccc2c(c1)OCO2. The number of hydrogen-bond donors (Lipinski definition) is 1. The van der Waals surface area contributed by atoms with E-state index in [1.807, 2.05) is 6.07 Å². The third kappa shape index (κ3) is 4.23. The minimum absolute atomic E-state index is 0.161. The molecule has 1 aliphatic rings. The Morgan fingerprint density at radius 3 is 2.72 bits per heavy atom. The zero-order valence-electron chi connectivity index (χ0n) is 14.6. The summed E-state index contributed by atoms with van der Waals surface area (Å²) in [4.78, 5) is 24.5. The van der Waals surface area contributed by atoms with Crippen molar-refractivity contribution in [1.82, 2.24) is 5.32 Å². The first-order valence-corrected chi connectivity index (χ1v) is 10.3. The Bertz CT molecular complexity index is 1130. The Morgan fingerprint density at radius 1 is 1.10 bits per heavy atom. The molecule has 1 amide bonds. The van der Waals surface area contributed by atoms with Crippen molar-refractivity contribution in [2.75, 3.05) is 13.4 Å². The number of amides is 1. The minimum atomic E-state index is -0.707. The molecule has 0 radical (unpaired) electrons. The summed E-state index contributed by atoms with van der Waals surface area (Å²) in [6.45, 7) is -0.00791. The number of benzene rings is 2. The number of fused-ring (bicyclic) bond motifs is 2. The summed E-state index contributed by atoms with van der Waals surface area (Å²) < 4.78 is 16.3. The molecule has 3 aromatic rings. The Balaban J connectivity index is 1.36. The van der Waals surface area contributed by atoms with Crippen LogP contribution in [0, 0.1) is 0 Å². The van der Waals surface area contributed by atoms with Gasteiger partial charge in [-0.3, -0.25) is 4.79 Å². The van der Waals surface area contributed by atoms with Crippen molar-refractivity contribution in [1.29, 1.82) is 0 Å². The molecule has 0 saturated carbocycles. The molecule has 0 bridgehead atoms. The predicted molar refractivity (Wildman–Crippen MR) is 112 cm³/mol. The van der Waals surface area contributed by atoms with Crippen LogP contribution in [0.2, 0.25) is 15.1 Å². The molecule has 4 rings (SSSR count). The van der Waals surface area contributed by atoms with E-state index in [0.29, 0.717) is 31.6 Å². The molecule has 10 heteroatoms. The van der Waals surface area contributed by atoms with Gasteiger partial charge in [0.15, 0.2) is 18.1 Å². The van der Waals surface area contributed by atoms with E-state index in [2.05, 4.69) is 5.32 Å². The van der Waals surface area contributed by atoms with Gasteiger partial charge in [0.25, 0.3) is 5.91 Å². The van der Waals surface area contributed by atoms with Gasteiger partial charge in [-0.25, -0.2) is 4.79 Å². The molecule has 0 spiro atoms. The normalized spacial score (nSPS) is 12.2. The zero-order valence-corrected chi connectivity index (χ0v) is 17.7. The fraction of sp³-hybridized carbons (Fsp3) is 0.158. The summed E-state index contributed by atoms with van der Waals surface area (Å²) >= 11 is 19.5. The maximum Gasteiger partial charge on any atom is 0.350 e. The quantitative estimate of drug-likeness (QED) is 0.525. The largest absolute Gasteiger partial charge is 0.454 e. The first kappa shape index (κ1) is 20.1. The summed E-state index contributed by atoms with van der Waals surface area (Å²) in [6.07, 6.45) is 0. The Kier molecular flexibility index (Phi) is 5.74. The second kappa shape index (κ2) is 8.28. The summed E-state index contributed by atoms with van der Waals surface area (Å²) in [5.74, 6) is 0.132. The number of thiophene rings is 1. The Hall–Kier alpha value is -2.19. The topological polar surface area (TPSA) is 73.9 Å². The summed E-state index contributed by atoms with van der Waals surface area (Å²) in [7, 11) is 0. The van der Waals surface area contributed by atoms with Crippen molar-refractivity contribution in [3.05, 3.63) is 55.8 Å². The van der Waals surface area contributed by atoms with E-state index < -0.39 is 18.5 Å². The lowest BCUT2D eigenvalue weighted by molar-refractivity contribution is -0.124. The van der Waals surface area contributed by atoms with Gasteiger partial charge in [-0.1, -0.05) is 40.9 Å². The summed E-state index contributed by atoms with van der Waals surface area (Å²) in [5.41, 5.74) is 0.827. The van der Waals surface area contributed by atoms with E-state index in [0.717, 1.165) is 16.9 Å². The van der Waals surface area contributed by atoms with E-state index in [1.54, 1.807) is 24.3 Å². The van der Waals surface area contributed by atoms with Crippen LogP contribution in [0.3, 0.4) is 0 Å². The van der Waals surface area contributed by atoms with Crippen LogP contribution in [0.15, 0.2) is 30.3 Å². The molecule has 150 valence electrons. The average Bonchev–Trinajstić information content (AvgIpc) is 3.28. The lowest BCUT2D eigenvalue weighted by atomic mass is 10.2. The van der Waals surface area contributed by atoms with Gasteiger partial charge in [0, 0.05) is 21.7 Å². The van der Waals surface area contributed by atoms with E-state index in [9.17, 15) is 9.59 Å². The Morgan fingerprint density at radius 2 is 1.90 bits per heavy atom. The number of carbonyl (C=O) groups excluding carboxylic acids is 2. The molecule has 1 aromatic heterocycles. The molecule has 0 unspecified atom stereocenters. The van der Waals surface area contributed by atoms with Crippen molar-refractivity contribution >= 4 is 68.1 Å². The fourth-order valence-electron chi connectivity index (χ4n) is 2.74. The number of esters is 1. The molecule has 0 aliphatic carbocycles. The number of hydrogen-bond acceptors (Lipinski definition) is 6. The van der Waals surface area contributed by atoms with Crippen LogP contribution in [-0.4, -0.2) is 25.3 Å². The van der Waals surface area contributed by atoms with Crippen LogP contribution in [-0.2, 0) is 16.1 Å². The first-order chi connectivity index (χ1) is 13.9. The highest BCUT2D eigenvalue weighted by Gasteiger charge is 2.21. The zero-order chi connectivity index (χ0) is 20.5. The smallest absolute Gasteiger partial charge is 0.350 e. The predicted octanol–water partition coefficient (Wildman–Crippen LogP) is 5.06. The van der Waals surface area contributed by atoms with Crippen molar-refractivity contribution in [2.45, 2.75) is 6.54 Å². The molecule has 1 N–H and O–H groups in total. The van der Waals surface area contributed by atoms with Gasteiger partial charge in [0.1, 0.15) is 4.88 Å². The van der Waals surface area contributed by atoms with Crippen molar-refractivity contribution in [3.63, 3.8) is 0 Å². The molecule has 1 aliphatic heterocycles. The monoisotopic (exact) mass is 471 g/mol. The maximum atomic E-state index is 12.4. The van der Waals surface area contributed by atoms with Crippen LogP contribution in [0.4, 0.5) is 0 Å². The lowest BCUT2D eigenvalue weighted by Gasteiger charge is -2.07. The highest BCUT2D eigenvalue weighted by Crippen LogP contribution is 2.41. The summed E-state index contributed by atoms with van der Waals surface area (Å²) in [6, 6.07) is 8.56. The number of halogens is 3. The highest BCUT2D eigenvalue weighted by atomic mass is 35.5. The van der Waals surface area contributed by atoms with Gasteiger partial charge in [-0.15, -0.1) is 11.3 Å². The van der Waals surface area contributed by atoms with Gasteiger partial charge in [-0.2, -0.15) is 0 Å². The van der Waals surface area contributed by atoms with E-state index in [-0.39, 0.29) is 23.2 Å². The van der Waals surface area contributed by atoms with E-state index >= 15 is 0 Å². The first-order valence-electron chi connectivity index (χ1n) is 8.32. The van der Waals surface area contributed by atoms with Gasteiger partial charge in [0.2, 0.25) is 6.79 Å². The molecule has 0 fully saturated rings. The molecular formula is C19H12Cl3NO5S. The standard InChI is InChI=1S/C19H12Cl3NO5S/c20-10-4-11(21)16-14(5-10)29-18(17(16)22)19(25)26-7-15(24)23-6-9-1-2-12-13(3-9)28-8-27-12/h1-5H,6-8H2,(H,23,24). The summed E-state index contributed by atoms with van der Waals surface area (Å²) in [5, 5.41) is 4.16. The second-order valence-electron chi connectivity index (χ2n) is 6.05. The second-order valence-corrected chi connectivity index (χ2v) is 8.32. The fourth-order valence-corrected chi connectivity index (χ4v) is 5.01. The molecule has 6 nitrogen and oxygen atoms in total. The molecule has 0 atom stereocenters. The molecule has 0 saturated heterocycles. The third-order valence-corrected chi connectivity index (χ3v) is 6.22. The van der Waals surface area contributed by atoms with Gasteiger partial charge < -0.3 is 19.5 Å². The van der Waals surface area contributed by atoms with Gasteiger partial charge >= 0.3 is 5.97 Å². The van der Waals surface area contributed by atoms with Crippen LogP contribution in [0.25, 0.3) is 10.1 Å². The number of rotatable bonds is 5. The third-order valence-electron chi connectivity index (χ3n) is 4.10. The highest BCUT2D eigenvalue weighted by molar-refractivity contribution is 7.21. The van der Waals surface area contributed by atoms with Crippen molar-refractivity contribution in [3.8, 4) is 11.5 Å². The van der Waals surface area contributed by atoms with Gasteiger partial charge in [-0.05, 0) is 29.8 Å². The van der Waals surface area contributed by atoms with Crippen molar-refractivity contribution in [2.24, 2.45) is 0 Å². The number of nitrogens with one attached hydrogen (secondary N) is 1. The van der Waals surface area contributed by atoms with Crippen LogP contribution in [0.1, 0.15) is 15.2 Å². The number of carbonyl (C=O) groups is 2. The van der Waals surface area contributed by atoms with Gasteiger partial charge in [0.05, 0.1) is 10.0 Å². The molecule has 29 heavy (non-hydrogen) atoms. The molecular weight excluding hydrogens is 461 g/mol. The molecule has 2 aromatic carbocycles. The lowest BCUT2D eigenvalue weighted by Crippen LogP contribution is -2.28. The van der Waals surface area contributed by atoms with Crippen LogP contribution >= 0.6 is 46.1 Å². The Labute approximate surface area is 184 Å². The number of ether oxygens (including phenoxy) is 3. The van der Waals surface area contributed by atoms with E-state index in [1.165, 1.54) is 0 Å². The van der Waals surface area contributed by atoms with Crippen LogP contribution in [0.5, 0.6) is 11.5 Å². The van der Waals surface area contributed by atoms with Crippen molar-refractivity contribution < 1.29 is 23.8 Å². The van der Waals surface area contributed by atoms with E-state index in [4.69, 9.17) is 49.0 Å². The maximum absolute atomic E-state index is 12.4. The average molecular weight is 473 g/mol. The minimum Gasteiger partial charge on any atom is -0.454 e. The van der Waals surface area contributed by atoms with Crippen LogP contribution < -0.4 is 14.8 Å².